The van der Waals surface area contributed by atoms with Crippen molar-refractivity contribution in [1.29, 1.82) is 0 Å². The zero-order valence-electron chi connectivity index (χ0n) is 31.0. The van der Waals surface area contributed by atoms with Crippen LogP contribution in [0.25, 0.3) is 78.4 Å². The van der Waals surface area contributed by atoms with Gasteiger partial charge in [0.2, 0.25) is 0 Å². The first-order valence-electron chi connectivity index (χ1n) is 18.6. The van der Waals surface area contributed by atoms with Crippen LogP contribution in [0.4, 0.5) is 0 Å². The first kappa shape index (κ1) is 32.2. The number of pyridine rings is 1. The lowest BCUT2D eigenvalue weighted by atomic mass is 9.79. The number of phenols is 1. The molecule has 0 spiro atoms. The lowest BCUT2D eigenvalue weighted by Gasteiger charge is -2.24. The summed E-state index contributed by atoms with van der Waals surface area (Å²) in [5.41, 5.74) is 15.4. The van der Waals surface area contributed by atoms with Crippen molar-refractivity contribution in [1.82, 2.24) is 15.0 Å². The molecule has 0 aliphatic heterocycles. The Morgan fingerprint density at radius 3 is 1.46 bits per heavy atom. The van der Waals surface area contributed by atoms with Gasteiger partial charge in [-0.25, -0.2) is 15.0 Å². The van der Waals surface area contributed by atoms with Crippen molar-refractivity contribution >= 4 is 10.9 Å². The third-order valence-electron chi connectivity index (χ3n) is 11.9. The maximum atomic E-state index is 11.5. The number of nitrogens with zero attached hydrogens (tertiary/aromatic N) is 4. The fourth-order valence-electron chi connectivity index (χ4n) is 8.89. The summed E-state index contributed by atoms with van der Waals surface area (Å²) in [5.74, 6) is 2.29. The monoisotopic (exact) mass is 699 g/mol. The molecule has 6 aromatic carbocycles. The Bertz CT molecular complexity index is 2780. The van der Waals surface area contributed by atoms with Crippen molar-refractivity contribution < 1.29 is 9.67 Å². The molecule has 0 unspecified atom stereocenters. The maximum absolute atomic E-state index is 11.5. The highest BCUT2D eigenvalue weighted by Crippen LogP contribution is 2.57. The van der Waals surface area contributed by atoms with E-state index in [4.69, 9.17) is 15.0 Å². The predicted octanol–water partition coefficient (Wildman–Crippen LogP) is 10.8. The van der Waals surface area contributed by atoms with Gasteiger partial charge in [-0.05, 0) is 92.5 Å². The van der Waals surface area contributed by atoms with E-state index in [9.17, 15) is 5.11 Å². The second kappa shape index (κ2) is 11.5. The molecule has 5 heteroatoms. The molecule has 54 heavy (non-hydrogen) atoms. The number of aromatic hydroxyl groups is 1. The van der Waals surface area contributed by atoms with Gasteiger partial charge in [0.05, 0.1) is 5.39 Å². The largest absolute Gasteiger partial charge is 0.502 e. The van der Waals surface area contributed by atoms with E-state index in [0.717, 1.165) is 38.7 Å². The number of phenolic OH excluding ortho intramolecular Hbond substituents is 1. The summed E-state index contributed by atoms with van der Waals surface area (Å²) >= 11 is 0. The van der Waals surface area contributed by atoms with E-state index in [-0.39, 0.29) is 10.8 Å². The van der Waals surface area contributed by atoms with Gasteiger partial charge in [-0.1, -0.05) is 113 Å². The predicted molar refractivity (Wildman–Crippen MR) is 217 cm³/mol. The molecule has 8 aromatic rings. The first-order chi connectivity index (χ1) is 26.1. The minimum Gasteiger partial charge on any atom is -0.502 e. The molecule has 0 atom stereocenters. The van der Waals surface area contributed by atoms with Crippen molar-refractivity contribution in [3.63, 3.8) is 0 Å². The third kappa shape index (κ3) is 4.71. The topological polar surface area (TPSA) is 62.8 Å². The van der Waals surface area contributed by atoms with Crippen molar-refractivity contribution in [3.05, 3.63) is 162 Å². The molecular formula is C49H39N4O+. The highest BCUT2D eigenvalue weighted by atomic mass is 16.3. The van der Waals surface area contributed by atoms with E-state index in [2.05, 4.69) is 82.3 Å². The quantitative estimate of drug-likeness (QED) is 0.186. The van der Waals surface area contributed by atoms with Crippen LogP contribution in [-0.2, 0) is 17.9 Å². The highest BCUT2D eigenvalue weighted by Gasteiger charge is 2.42. The van der Waals surface area contributed by atoms with Crippen LogP contribution in [-0.4, -0.2) is 20.1 Å². The SMILES string of the molecule is C[n+]1cccc2ccc(-c3ccc4c(c3)C(C)(C)c3cc5c(cc3-4)C(C)(C)c3cc(-c4nc(-c6ccccc6)nc(-c6ccccc6)n4)ccc3-5)c(O)c21. The van der Waals surface area contributed by atoms with Gasteiger partial charge in [0, 0.05) is 39.2 Å². The molecule has 10 rings (SSSR count). The molecule has 260 valence electrons. The minimum absolute atomic E-state index is 0.230. The molecule has 2 aromatic heterocycles. The Kier molecular flexibility index (Phi) is 6.87. The van der Waals surface area contributed by atoms with Crippen LogP contribution in [0, 0.1) is 0 Å². The Hall–Kier alpha value is -6.46. The van der Waals surface area contributed by atoms with E-state index < -0.39 is 0 Å². The van der Waals surface area contributed by atoms with Crippen LogP contribution in [0.2, 0.25) is 0 Å². The minimum atomic E-state index is -0.244. The Labute approximate surface area is 315 Å². The summed E-state index contributed by atoms with van der Waals surface area (Å²) in [5, 5.41) is 12.5. The van der Waals surface area contributed by atoms with E-state index in [1.807, 2.05) is 96.7 Å². The average molecular weight is 700 g/mol. The normalized spacial score (nSPS) is 14.4. The Morgan fingerprint density at radius 1 is 0.444 bits per heavy atom. The molecule has 0 saturated heterocycles. The van der Waals surface area contributed by atoms with Gasteiger partial charge >= 0.3 is 0 Å². The molecular weight excluding hydrogens is 661 g/mol. The van der Waals surface area contributed by atoms with Crippen molar-refractivity contribution in [2.75, 3.05) is 0 Å². The van der Waals surface area contributed by atoms with Crippen LogP contribution in [0.15, 0.2) is 140 Å². The van der Waals surface area contributed by atoms with Gasteiger partial charge in [-0.2, -0.15) is 4.57 Å². The highest BCUT2D eigenvalue weighted by molar-refractivity contribution is 5.94. The Morgan fingerprint density at radius 2 is 0.907 bits per heavy atom. The van der Waals surface area contributed by atoms with Gasteiger partial charge in [0.15, 0.2) is 29.4 Å². The lowest BCUT2D eigenvalue weighted by molar-refractivity contribution is -0.645. The molecule has 2 aliphatic rings. The number of rotatable bonds is 4. The van der Waals surface area contributed by atoms with Gasteiger partial charge in [0.25, 0.3) is 5.52 Å². The second-order valence-corrected chi connectivity index (χ2v) is 15.8. The fraction of sp³-hybridized carbons (Fsp3) is 0.143. The molecule has 0 bridgehead atoms. The summed E-state index contributed by atoms with van der Waals surface area (Å²) < 4.78 is 1.99. The van der Waals surface area contributed by atoms with Gasteiger partial charge < -0.3 is 5.11 Å². The van der Waals surface area contributed by atoms with E-state index in [0.29, 0.717) is 23.2 Å². The zero-order chi connectivity index (χ0) is 36.9. The molecule has 0 amide bonds. The zero-order valence-corrected chi connectivity index (χ0v) is 31.0. The molecule has 2 heterocycles. The van der Waals surface area contributed by atoms with Crippen LogP contribution < -0.4 is 4.57 Å². The first-order valence-corrected chi connectivity index (χ1v) is 18.6. The van der Waals surface area contributed by atoms with Crippen LogP contribution in [0.1, 0.15) is 49.9 Å². The average Bonchev–Trinajstić information content (AvgIpc) is 3.56. The summed E-state index contributed by atoms with van der Waals surface area (Å²) in [6.07, 6.45) is 1.98. The van der Waals surface area contributed by atoms with Gasteiger partial charge in [-0.15, -0.1) is 0 Å². The lowest BCUT2D eigenvalue weighted by Crippen LogP contribution is -2.27. The van der Waals surface area contributed by atoms with Crippen molar-refractivity contribution in [2.45, 2.75) is 38.5 Å². The summed E-state index contributed by atoms with van der Waals surface area (Å²) in [4.78, 5) is 15.0. The number of fused-ring (bicyclic) bond motifs is 7. The van der Waals surface area contributed by atoms with E-state index in [1.165, 1.54) is 44.5 Å². The Balaban J connectivity index is 1.07. The molecule has 2 aliphatic carbocycles. The molecule has 5 nitrogen and oxygen atoms in total. The summed E-state index contributed by atoms with van der Waals surface area (Å²) in [6.45, 7) is 9.32. The summed E-state index contributed by atoms with van der Waals surface area (Å²) in [7, 11) is 1.98. The molecule has 0 saturated carbocycles. The fourth-order valence-corrected chi connectivity index (χ4v) is 8.89. The standard InChI is InChI=1S/C49H38N4O/c1-48(2)39-25-32(34-21-18-29-17-12-24-53(5)43(29)44(34)54)19-22-35(39)37-27-42-38(28-41(37)48)36-23-20-33(26-40(36)49(42,3)4)47-51-45(30-13-8-6-9-14-30)50-46(52-47)31-15-10-7-11-16-31/h6-28H,1-5H3/p+1. The molecule has 0 fully saturated rings. The smallest absolute Gasteiger partial charge is 0.255 e. The number of benzene rings is 6. The number of hydrogen-bond donors (Lipinski definition) is 1. The van der Waals surface area contributed by atoms with Gasteiger partial charge in [-0.3, -0.25) is 0 Å². The number of aromatic nitrogens is 4. The maximum Gasteiger partial charge on any atom is 0.255 e. The molecule has 0 radical (unpaired) electrons. The van der Waals surface area contributed by atoms with Gasteiger partial charge in [0.1, 0.15) is 7.05 Å². The number of hydrogen-bond acceptors (Lipinski definition) is 4. The van der Waals surface area contributed by atoms with Crippen LogP contribution in [0.3, 0.4) is 0 Å². The van der Waals surface area contributed by atoms with Crippen LogP contribution >= 0.6 is 0 Å². The van der Waals surface area contributed by atoms with E-state index in [1.54, 1.807) is 0 Å². The van der Waals surface area contributed by atoms with E-state index >= 15 is 0 Å². The van der Waals surface area contributed by atoms with Crippen molar-refractivity contribution in [3.8, 4) is 73.3 Å². The third-order valence-corrected chi connectivity index (χ3v) is 11.9. The number of aryl methyl sites for hydroxylation is 1. The van der Waals surface area contributed by atoms with Crippen molar-refractivity contribution in [2.24, 2.45) is 7.05 Å². The van der Waals surface area contributed by atoms with Crippen LogP contribution in [0.5, 0.6) is 5.75 Å². The molecule has 1 N–H and O–H groups in total. The second-order valence-electron chi connectivity index (χ2n) is 15.8. The summed E-state index contributed by atoms with van der Waals surface area (Å²) in [6, 6.07) is 46.7.